The van der Waals surface area contributed by atoms with Crippen LogP contribution in [0.15, 0.2) is 40.8 Å². The lowest BCUT2D eigenvalue weighted by Gasteiger charge is -2.62. The maximum absolute atomic E-state index is 6.39. The Balaban J connectivity index is 1.79. The lowest BCUT2D eigenvalue weighted by Crippen LogP contribution is -2.71. The van der Waals surface area contributed by atoms with Gasteiger partial charge in [0, 0.05) is 28.9 Å². The molecule has 25 heavy (non-hydrogen) atoms. The quantitative estimate of drug-likeness (QED) is 0.602. The minimum Gasteiger partial charge on any atom is -0.454 e. The molecule has 4 atom stereocenters. The summed E-state index contributed by atoms with van der Waals surface area (Å²) < 4.78 is 6.39. The summed E-state index contributed by atoms with van der Waals surface area (Å²) in [4.78, 5) is 5.29. The van der Waals surface area contributed by atoms with Crippen molar-refractivity contribution in [2.24, 2.45) is 0 Å². The summed E-state index contributed by atoms with van der Waals surface area (Å²) in [6.07, 6.45) is 2.84. The number of hydrogen-bond donors (Lipinski definition) is 0. The molecule has 3 heteroatoms. The first kappa shape index (κ1) is 15.3. The van der Waals surface area contributed by atoms with E-state index in [1.807, 2.05) is 0 Å². The summed E-state index contributed by atoms with van der Waals surface area (Å²) in [6.45, 7) is 10.6. The second-order valence-electron chi connectivity index (χ2n) is 8.25. The van der Waals surface area contributed by atoms with Crippen LogP contribution in [0.1, 0.15) is 39.2 Å². The topological polar surface area (TPSA) is 19.6 Å². The Morgan fingerprint density at radius 1 is 1.08 bits per heavy atom. The van der Waals surface area contributed by atoms with Gasteiger partial charge in [0.05, 0.1) is 11.9 Å². The molecular formula is C22H26N2O. The Bertz CT molecular complexity index is 975. The largest absolute Gasteiger partial charge is 0.454 e. The molecule has 3 aliphatic rings. The van der Waals surface area contributed by atoms with E-state index in [0.717, 1.165) is 11.2 Å². The summed E-state index contributed by atoms with van der Waals surface area (Å²) in [5, 5.41) is 2.45. The van der Waals surface area contributed by atoms with E-state index in [1.54, 1.807) is 0 Å². The Labute approximate surface area is 149 Å². The zero-order chi connectivity index (χ0) is 17.3. The number of para-hydroxylation sites is 1. The van der Waals surface area contributed by atoms with E-state index in [0.29, 0.717) is 12.2 Å². The van der Waals surface area contributed by atoms with Crippen molar-refractivity contribution in [3.05, 3.63) is 42.0 Å². The van der Waals surface area contributed by atoms with Gasteiger partial charge in [-0.3, -0.25) is 4.90 Å². The van der Waals surface area contributed by atoms with Crippen LogP contribution in [-0.4, -0.2) is 29.2 Å². The van der Waals surface area contributed by atoms with Crippen LogP contribution in [0.3, 0.4) is 0 Å². The van der Waals surface area contributed by atoms with E-state index in [4.69, 9.17) is 4.42 Å². The normalized spacial score (nSPS) is 32.0. The molecule has 0 N–H and O–H groups in total. The minimum absolute atomic E-state index is 0.200. The molecule has 4 heterocycles. The SMILES string of the molecule is Cc1ccc2c(oc3ccccc32)c1N1[C@@H](C)N2CCC1(C)CC2C. The van der Waals surface area contributed by atoms with E-state index < -0.39 is 0 Å². The highest BCUT2D eigenvalue weighted by molar-refractivity contribution is 6.09. The molecule has 6 rings (SSSR count). The molecule has 3 nitrogen and oxygen atoms in total. The van der Waals surface area contributed by atoms with Crippen LogP contribution in [0.5, 0.6) is 0 Å². The number of fused-ring (bicyclic) bond motifs is 6. The number of furan rings is 1. The number of aryl methyl sites for hydroxylation is 1. The highest BCUT2D eigenvalue weighted by atomic mass is 16.3. The maximum atomic E-state index is 6.39. The molecule has 2 aromatic carbocycles. The average Bonchev–Trinajstić information content (AvgIpc) is 2.94. The fourth-order valence-corrected chi connectivity index (χ4v) is 5.45. The third-order valence-corrected chi connectivity index (χ3v) is 6.61. The van der Waals surface area contributed by atoms with Crippen LogP contribution in [0.4, 0.5) is 5.69 Å². The van der Waals surface area contributed by atoms with Crippen molar-refractivity contribution in [1.82, 2.24) is 4.90 Å². The van der Waals surface area contributed by atoms with Gasteiger partial charge < -0.3 is 9.32 Å². The number of rotatable bonds is 1. The fraction of sp³-hybridized carbons (Fsp3) is 0.455. The molecule has 0 aliphatic carbocycles. The fourth-order valence-electron chi connectivity index (χ4n) is 5.45. The Morgan fingerprint density at radius 2 is 1.88 bits per heavy atom. The van der Waals surface area contributed by atoms with Gasteiger partial charge in [0.2, 0.25) is 0 Å². The van der Waals surface area contributed by atoms with Crippen molar-refractivity contribution in [2.45, 2.75) is 58.3 Å². The van der Waals surface area contributed by atoms with Crippen molar-refractivity contribution < 1.29 is 4.42 Å². The molecule has 3 aliphatic heterocycles. The minimum atomic E-state index is 0.200. The molecule has 3 saturated heterocycles. The van der Waals surface area contributed by atoms with Gasteiger partial charge in [0.25, 0.3) is 0 Å². The molecule has 0 spiro atoms. The van der Waals surface area contributed by atoms with Gasteiger partial charge in [-0.1, -0.05) is 30.3 Å². The molecule has 3 fully saturated rings. The molecule has 3 aromatic rings. The number of benzene rings is 2. The molecule has 0 saturated carbocycles. The summed E-state index contributed by atoms with van der Waals surface area (Å²) in [6, 6.07) is 13.5. The Hall–Kier alpha value is -2.00. The lowest BCUT2D eigenvalue weighted by atomic mass is 9.78. The van der Waals surface area contributed by atoms with Gasteiger partial charge in [-0.15, -0.1) is 0 Å². The van der Waals surface area contributed by atoms with Gasteiger partial charge in [-0.25, -0.2) is 0 Å². The number of nitrogens with zero attached hydrogens (tertiary/aromatic N) is 2. The Kier molecular flexibility index (Phi) is 3.06. The van der Waals surface area contributed by atoms with Gasteiger partial charge in [0.1, 0.15) is 5.58 Å². The van der Waals surface area contributed by atoms with Crippen LogP contribution in [0.2, 0.25) is 0 Å². The summed E-state index contributed by atoms with van der Waals surface area (Å²) >= 11 is 0. The third-order valence-electron chi connectivity index (χ3n) is 6.61. The van der Waals surface area contributed by atoms with Crippen LogP contribution in [-0.2, 0) is 0 Å². The van der Waals surface area contributed by atoms with Crippen molar-refractivity contribution >= 4 is 27.6 Å². The molecule has 3 unspecified atom stereocenters. The zero-order valence-corrected chi connectivity index (χ0v) is 15.5. The van der Waals surface area contributed by atoms with Crippen molar-refractivity contribution in [2.75, 3.05) is 11.4 Å². The second kappa shape index (κ2) is 5.01. The molecule has 0 amide bonds. The molecule has 0 radical (unpaired) electrons. The number of piperidine rings is 1. The molecule has 1 aromatic heterocycles. The van der Waals surface area contributed by atoms with Crippen molar-refractivity contribution in [3.63, 3.8) is 0 Å². The molecule has 2 bridgehead atoms. The van der Waals surface area contributed by atoms with Crippen LogP contribution < -0.4 is 4.90 Å². The monoisotopic (exact) mass is 334 g/mol. The number of anilines is 1. The highest BCUT2D eigenvalue weighted by Crippen LogP contribution is 2.48. The number of hydrogen-bond acceptors (Lipinski definition) is 3. The zero-order valence-electron chi connectivity index (χ0n) is 15.5. The molecular weight excluding hydrogens is 308 g/mol. The Morgan fingerprint density at radius 3 is 2.64 bits per heavy atom. The predicted molar refractivity (Wildman–Crippen MR) is 104 cm³/mol. The second-order valence-corrected chi connectivity index (χ2v) is 8.25. The summed E-state index contributed by atoms with van der Waals surface area (Å²) in [5.74, 6) is 0. The highest BCUT2D eigenvalue weighted by Gasteiger charge is 2.50. The van der Waals surface area contributed by atoms with Gasteiger partial charge >= 0.3 is 0 Å². The van der Waals surface area contributed by atoms with Crippen molar-refractivity contribution in [1.29, 1.82) is 0 Å². The van der Waals surface area contributed by atoms with Crippen LogP contribution in [0, 0.1) is 6.92 Å². The summed E-state index contributed by atoms with van der Waals surface area (Å²) in [7, 11) is 0. The van der Waals surface area contributed by atoms with E-state index >= 15 is 0 Å². The van der Waals surface area contributed by atoms with Gasteiger partial charge in [0.15, 0.2) is 5.58 Å². The average molecular weight is 334 g/mol. The van der Waals surface area contributed by atoms with E-state index in [9.17, 15) is 0 Å². The van der Waals surface area contributed by atoms with Gasteiger partial charge in [-0.05, 0) is 52.2 Å². The third kappa shape index (κ3) is 1.96. The first-order chi connectivity index (χ1) is 12.0. The smallest absolute Gasteiger partial charge is 0.159 e. The van der Waals surface area contributed by atoms with E-state index in [1.165, 1.54) is 41.4 Å². The summed E-state index contributed by atoms with van der Waals surface area (Å²) in [5.41, 5.74) is 4.83. The van der Waals surface area contributed by atoms with E-state index in [2.05, 4.69) is 73.9 Å². The maximum Gasteiger partial charge on any atom is 0.159 e. The standard InChI is InChI=1S/C22H26N2O/c1-14-9-10-18-17-7-5-6-8-19(17)25-21(18)20(14)24-16(3)23-12-11-22(24,4)13-15(23)2/h5-10,15-16H,11-13H2,1-4H3/t15?,16-,22?/m0/s1. The molecule has 130 valence electrons. The lowest BCUT2D eigenvalue weighted by molar-refractivity contribution is 0.00487. The predicted octanol–water partition coefficient (Wildman–Crippen LogP) is 5.30. The van der Waals surface area contributed by atoms with Crippen LogP contribution in [0.25, 0.3) is 21.9 Å². The van der Waals surface area contributed by atoms with Gasteiger partial charge in [-0.2, -0.15) is 0 Å². The first-order valence-electron chi connectivity index (χ1n) is 9.45. The van der Waals surface area contributed by atoms with Crippen LogP contribution >= 0.6 is 0 Å². The first-order valence-corrected chi connectivity index (χ1v) is 9.45. The van der Waals surface area contributed by atoms with E-state index in [-0.39, 0.29) is 5.54 Å². The van der Waals surface area contributed by atoms with Crippen molar-refractivity contribution in [3.8, 4) is 0 Å².